The first-order valence-corrected chi connectivity index (χ1v) is 7.06. The highest BCUT2D eigenvalue weighted by Crippen LogP contribution is 2.27. The number of rotatable bonds is 7. The van der Waals surface area contributed by atoms with Crippen LogP contribution in [0.4, 0.5) is 11.4 Å². The number of halogens is 1. The number of hydrogen-bond acceptors (Lipinski definition) is 5. The molecule has 0 aliphatic carbocycles. The number of carbonyl (C=O) groups excluding carboxylic acids is 2. The molecule has 0 saturated heterocycles. The third-order valence-corrected chi connectivity index (χ3v) is 3.04. The molecule has 0 fully saturated rings. The Morgan fingerprint density at radius 2 is 2.09 bits per heavy atom. The van der Waals surface area contributed by atoms with Crippen molar-refractivity contribution >= 4 is 34.9 Å². The molecule has 1 aromatic carbocycles. The van der Waals surface area contributed by atoms with Gasteiger partial charge in [-0.15, -0.1) is 0 Å². The number of amides is 1. The quantitative estimate of drug-likeness (QED) is 0.471. The molecule has 0 aliphatic rings. The fraction of sp³-hybridized carbons (Fsp3) is 0.429. The van der Waals surface area contributed by atoms with Crippen LogP contribution < -0.4 is 5.32 Å². The Hall–Kier alpha value is -2.15. The minimum Gasteiger partial charge on any atom is -0.456 e. The molecule has 0 aromatic heterocycles. The second kappa shape index (κ2) is 8.33. The molecule has 1 rings (SSSR count). The van der Waals surface area contributed by atoms with E-state index in [1.54, 1.807) is 0 Å². The van der Waals surface area contributed by atoms with E-state index in [0.717, 1.165) is 6.07 Å². The predicted octanol–water partition coefficient (Wildman–Crippen LogP) is 3.17. The molecule has 1 amide bonds. The fourth-order valence-electron chi connectivity index (χ4n) is 1.55. The van der Waals surface area contributed by atoms with E-state index in [4.69, 9.17) is 16.3 Å². The van der Waals surface area contributed by atoms with Gasteiger partial charge in [0.05, 0.1) is 4.92 Å². The summed E-state index contributed by atoms with van der Waals surface area (Å²) in [6.07, 6.45) is 0.932. The van der Waals surface area contributed by atoms with Gasteiger partial charge in [0.25, 0.3) is 11.6 Å². The third-order valence-electron chi connectivity index (χ3n) is 2.72. The second-order valence-electron chi connectivity index (χ2n) is 5.06. The van der Waals surface area contributed by atoms with Gasteiger partial charge in [-0.2, -0.15) is 0 Å². The molecule has 0 radical (unpaired) electrons. The van der Waals surface area contributed by atoms with Crippen molar-refractivity contribution in [3.63, 3.8) is 0 Å². The zero-order chi connectivity index (χ0) is 16.7. The van der Waals surface area contributed by atoms with Crippen LogP contribution in [0.25, 0.3) is 0 Å². The van der Waals surface area contributed by atoms with Gasteiger partial charge < -0.3 is 10.1 Å². The van der Waals surface area contributed by atoms with Crippen molar-refractivity contribution in [2.24, 2.45) is 5.92 Å². The highest BCUT2D eigenvalue weighted by molar-refractivity contribution is 6.32. The van der Waals surface area contributed by atoms with Crippen LogP contribution >= 0.6 is 11.6 Å². The van der Waals surface area contributed by atoms with Crippen LogP contribution in [-0.2, 0) is 14.3 Å². The molecule has 120 valence electrons. The lowest BCUT2D eigenvalue weighted by molar-refractivity contribution is -0.384. The monoisotopic (exact) mass is 328 g/mol. The Balaban J connectivity index is 2.50. The molecule has 0 unspecified atom stereocenters. The number of carbonyl (C=O) groups is 2. The van der Waals surface area contributed by atoms with Gasteiger partial charge in [-0.3, -0.25) is 19.7 Å². The van der Waals surface area contributed by atoms with Crippen molar-refractivity contribution in [2.45, 2.75) is 26.7 Å². The van der Waals surface area contributed by atoms with Gasteiger partial charge in [-0.1, -0.05) is 25.4 Å². The maximum Gasteiger partial charge on any atom is 0.306 e. The van der Waals surface area contributed by atoms with Crippen LogP contribution in [0, 0.1) is 16.0 Å². The summed E-state index contributed by atoms with van der Waals surface area (Å²) in [4.78, 5) is 33.1. The lowest BCUT2D eigenvalue weighted by atomic mass is 10.1. The average molecular weight is 329 g/mol. The highest BCUT2D eigenvalue weighted by Gasteiger charge is 2.14. The summed E-state index contributed by atoms with van der Waals surface area (Å²) in [5, 5.41) is 13.1. The highest BCUT2D eigenvalue weighted by atomic mass is 35.5. The Morgan fingerprint density at radius 1 is 1.41 bits per heavy atom. The topological polar surface area (TPSA) is 98.5 Å². The van der Waals surface area contributed by atoms with E-state index in [-0.39, 0.29) is 22.8 Å². The van der Waals surface area contributed by atoms with Crippen molar-refractivity contribution in [3.05, 3.63) is 33.3 Å². The number of benzene rings is 1. The zero-order valence-corrected chi connectivity index (χ0v) is 13.1. The van der Waals surface area contributed by atoms with Crippen LogP contribution in [0.3, 0.4) is 0 Å². The molecule has 0 aliphatic heterocycles. The SMILES string of the molecule is CC(C)CCC(=O)OCC(=O)Nc1ccc(Cl)c([N+](=O)[O-])c1. The van der Waals surface area contributed by atoms with Gasteiger partial charge in [0, 0.05) is 18.2 Å². The van der Waals surface area contributed by atoms with Gasteiger partial charge >= 0.3 is 5.97 Å². The van der Waals surface area contributed by atoms with E-state index in [0.29, 0.717) is 12.3 Å². The van der Waals surface area contributed by atoms with Crippen molar-refractivity contribution < 1.29 is 19.2 Å². The van der Waals surface area contributed by atoms with Gasteiger partial charge in [0.15, 0.2) is 6.61 Å². The second-order valence-corrected chi connectivity index (χ2v) is 5.47. The number of nitrogens with zero attached hydrogens (tertiary/aromatic N) is 1. The fourth-order valence-corrected chi connectivity index (χ4v) is 1.74. The summed E-state index contributed by atoms with van der Waals surface area (Å²) in [7, 11) is 0. The predicted molar refractivity (Wildman–Crippen MR) is 81.8 cm³/mol. The van der Waals surface area contributed by atoms with Crippen molar-refractivity contribution in [1.29, 1.82) is 0 Å². The molecule has 0 bridgehead atoms. The van der Waals surface area contributed by atoms with Crippen molar-refractivity contribution in [3.8, 4) is 0 Å². The number of nitro benzene ring substituents is 1. The van der Waals surface area contributed by atoms with Gasteiger partial charge in [0.1, 0.15) is 5.02 Å². The van der Waals surface area contributed by atoms with E-state index in [1.807, 2.05) is 13.8 Å². The molecule has 1 aromatic rings. The molecular formula is C14H17ClN2O5. The molecule has 8 heteroatoms. The minimum absolute atomic E-state index is 0.0249. The van der Waals surface area contributed by atoms with E-state index < -0.39 is 23.4 Å². The van der Waals surface area contributed by atoms with Gasteiger partial charge in [0.2, 0.25) is 0 Å². The first-order chi connectivity index (χ1) is 10.3. The Labute approximate surface area is 132 Å². The molecule has 0 heterocycles. The van der Waals surface area contributed by atoms with Gasteiger partial charge in [-0.05, 0) is 24.5 Å². The summed E-state index contributed by atoms with van der Waals surface area (Å²) in [5.74, 6) is -0.656. The molecular weight excluding hydrogens is 312 g/mol. The normalized spacial score (nSPS) is 10.4. The number of ether oxygens (including phenoxy) is 1. The van der Waals surface area contributed by atoms with Crippen LogP contribution in [0.15, 0.2) is 18.2 Å². The summed E-state index contributed by atoms with van der Waals surface area (Å²) in [6, 6.07) is 3.87. The van der Waals surface area contributed by atoms with Crippen molar-refractivity contribution in [1.82, 2.24) is 0 Å². The maximum atomic E-state index is 11.6. The van der Waals surface area contributed by atoms with Crippen LogP contribution in [0.2, 0.25) is 5.02 Å². The first-order valence-electron chi connectivity index (χ1n) is 6.69. The molecule has 22 heavy (non-hydrogen) atoms. The first kappa shape index (κ1) is 17.9. The molecule has 0 atom stereocenters. The lowest BCUT2D eigenvalue weighted by Crippen LogP contribution is -2.21. The standard InChI is InChI=1S/C14H17ClN2O5/c1-9(2)3-6-14(19)22-8-13(18)16-10-4-5-11(15)12(7-10)17(20)21/h4-5,7,9H,3,6,8H2,1-2H3,(H,16,18). The van der Waals surface area contributed by atoms with Crippen LogP contribution in [0.5, 0.6) is 0 Å². The zero-order valence-electron chi connectivity index (χ0n) is 12.3. The smallest absolute Gasteiger partial charge is 0.306 e. The summed E-state index contributed by atoms with van der Waals surface area (Å²) >= 11 is 5.67. The molecule has 7 nitrogen and oxygen atoms in total. The number of anilines is 1. The van der Waals surface area contributed by atoms with E-state index in [9.17, 15) is 19.7 Å². The number of hydrogen-bond donors (Lipinski definition) is 1. The maximum absolute atomic E-state index is 11.6. The number of nitrogens with one attached hydrogen (secondary N) is 1. The Kier molecular flexibility index (Phi) is 6.78. The summed E-state index contributed by atoms with van der Waals surface area (Å²) in [6.45, 7) is 3.52. The molecule has 0 spiro atoms. The van der Waals surface area contributed by atoms with Gasteiger partial charge in [-0.25, -0.2) is 0 Å². The Morgan fingerprint density at radius 3 is 2.68 bits per heavy atom. The Bertz CT molecular complexity index is 574. The minimum atomic E-state index is -0.649. The summed E-state index contributed by atoms with van der Waals surface area (Å²) < 4.78 is 4.82. The largest absolute Gasteiger partial charge is 0.456 e. The number of nitro groups is 1. The lowest BCUT2D eigenvalue weighted by Gasteiger charge is -2.07. The third kappa shape index (κ3) is 6.09. The van der Waals surface area contributed by atoms with Crippen LogP contribution in [-0.4, -0.2) is 23.4 Å². The summed E-state index contributed by atoms with van der Waals surface area (Å²) in [5.41, 5.74) is -0.104. The van der Waals surface area contributed by atoms with E-state index >= 15 is 0 Å². The van der Waals surface area contributed by atoms with Crippen LogP contribution in [0.1, 0.15) is 26.7 Å². The molecule has 0 saturated carbocycles. The average Bonchev–Trinajstić information content (AvgIpc) is 2.44. The molecule has 1 N–H and O–H groups in total. The van der Waals surface area contributed by atoms with Crippen molar-refractivity contribution in [2.75, 3.05) is 11.9 Å². The van der Waals surface area contributed by atoms with E-state index in [2.05, 4.69) is 5.32 Å². The number of esters is 1. The van der Waals surface area contributed by atoms with E-state index in [1.165, 1.54) is 12.1 Å².